The number of amides is 1. The number of ether oxygens (including phenoxy) is 3. The molecular formula is C36H30Cl2N4O6. The number of fused-ring (bicyclic) bond motifs is 1. The number of rotatable bonds is 10. The van der Waals surface area contributed by atoms with E-state index < -0.39 is 11.6 Å². The van der Waals surface area contributed by atoms with Crippen LogP contribution < -0.4 is 14.4 Å². The van der Waals surface area contributed by atoms with Gasteiger partial charge >= 0.3 is 0 Å². The van der Waals surface area contributed by atoms with Crippen molar-refractivity contribution in [1.82, 2.24) is 10.1 Å². The summed E-state index contributed by atoms with van der Waals surface area (Å²) in [5, 5.41) is 14.1. The minimum Gasteiger partial charge on any atom is -0.497 e. The number of hydrogen-bond donors (Lipinski definition) is 1. The fourth-order valence-electron chi connectivity index (χ4n) is 5.98. The van der Waals surface area contributed by atoms with E-state index in [0.29, 0.717) is 63.3 Å². The van der Waals surface area contributed by atoms with Gasteiger partial charge in [-0.25, -0.2) is 4.99 Å². The molecule has 3 heterocycles. The fraction of sp³-hybridized carbons (Fsp3) is 0.222. The van der Waals surface area contributed by atoms with Crippen LogP contribution in [0.4, 0.5) is 5.69 Å². The molecule has 12 heteroatoms. The number of aliphatic hydroxyl groups is 1. The molecule has 0 fully saturated rings. The summed E-state index contributed by atoms with van der Waals surface area (Å²) in [4.78, 5) is 26.3. The average molecular weight is 686 g/mol. The molecule has 5 aromatic rings. The Morgan fingerprint density at radius 2 is 1.73 bits per heavy atom. The van der Waals surface area contributed by atoms with E-state index in [2.05, 4.69) is 10.1 Å². The lowest BCUT2D eigenvalue weighted by molar-refractivity contribution is -0.127. The highest BCUT2D eigenvalue weighted by atomic mass is 35.5. The zero-order valence-electron chi connectivity index (χ0n) is 25.8. The SMILES string of the molecule is COc1ccc(-c2nc(CN3C(=O)[C@@]4(Cc5ccccc53)N=C(c3ccc(OCCCO)cc3)O[C@H]4c3ccc(Cl)cc3Cl)no2)cc1. The van der Waals surface area contributed by atoms with Crippen molar-refractivity contribution in [2.45, 2.75) is 31.0 Å². The van der Waals surface area contributed by atoms with E-state index in [-0.39, 0.29) is 25.5 Å². The third-order valence-electron chi connectivity index (χ3n) is 8.34. The molecule has 0 saturated heterocycles. The minimum absolute atomic E-state index is 0.0308. The van der Waals surface area contributed by atoms with Crippen molar-refractivity contribution >= 4 is 40.7 Å². The number of aliphatic hydroxyl groups excluding tert-OH is 1. The van der Waals surface area contributed by atoms with Crippen LogP contribution in [0.1, 0.15) is 35.0 Å². The molecule has 2 aliphatic heterocycles. The summed E-state index contributed by atoms with van der Waals surface area (Å²) in [5.41, 5.74) is 2.16. The van der Waals surface area contributed by atoms with E-state index in [4.69, 9.17) is 52.0 Å². The van der Waals surface area contributed by atoms with Crippen LogP contribution in [0.2, 0.25) is 10.0 Å². The highest BCUT2D eigenvalue weighted by Gasteiger charge is 2.58. The van der Waals surface area contributed by atoms with E-state index in [1.165, 1.54) is 0 Å². The highest BCUT2D eigenvalue weighted by Crippen LogP contribution is 2.49. The Balaban J connectivity index is 1.28. The normalized spacial score (nSPS) is 18.4. The molecule has 1 N–H and O–H groups in total. The number of aliphatic imine (C=N–C) groups is 1. The van der Waals surface area contributed by atoms with Crippen LogP contribution in [0.3, 0.4) is 0 Å². The number of benzene rings is 4. The lowest BCUT2D eigenvalue weighted by Crippen LogP contribution is -2.55. The number of nitrogens with zero attached hydrogens (tertiary/aromatic N) is 4. The summed E-state index contributed by atoms with van der Waals surface area (Å²) in [7, 11) is 1.60. The second kappa shape index (κ2) is 13.3. The maximum absolute atomic E-state index is 14.9. The fourth-order valence-corrected chi connectivity index (χ4v) is 6.49. The first-order chi connectivity index (χ1) is 23.4. The van der Waals surface area contributed by atoms with Crippen LogP contribution in [0.5, 0.6) is 11.5 Å². The Morgan fingerprint density at radius 3 is 2.48 bits per heavy atom. The highest BCUT2D eigenvalue weighted by molar-refractivity contribution is 6.35. The quantitative estimate of drug-likeness (QED) is 0.159. The molecule has 4 aromatic carbocycles. The van der Waals surface area contributed by atoms with Crippen molar-refractivity contribution in [2.75, 3.05) is 25.2 Å². The molecule has 0 aliphatic carbocycles. The molecule has 0 radical (unpaired) electrons. The Labute approximate surface area is 286 Å². The standard InChI is InChI=1S/C36H30Cl2N4O6/c1-45-26-12-7-22(8-13-26)33-39-31(41-48-33)21-42-30-6-3-2-5-24(30)20-36(35(42)44)32(28-16-11-25(37)19-29(28)38)47-34(40-36)23-9-14-27(15-10-23)46-18-4-17-43/h2-3,5-16,19,32,43H,4,17-18,20-21H2,1H3/t32-,36-/m0/s1. The van der Waals surface area contributed by atoms with E-state index in [1.54, 1.807) is 42.3 Å². The number of carbonyl (C=O) groups is 1. The van der Waals surface area contributed by atoms with E-state index >= 15 is 0 Å². The summed E-state index contributed by atoms with van der Waals surface area (Å²) in [6.07, 6.45) is -0.0885. The van der Waals surface area contributed by atoms with Crippen molar-refractivity contribution in [2.24, 2.45) is 4.99 Å². The Morgan fingerprint density at radius 1 is 0.979 bits per heavy atom. The lowest BCUT2D eigenvalue weighted by Gasteiger charge is -2.40. The predicted octanol–water partition coefficient (Wildman–Crippen LogP) is 6.86. The monoisotopic (exact) mass is 684 g/mol. The zero-order valence-corrected chi connectivity index (χ0v) is 27.3. The Bertz CT molecular complexity index is 1980. The first-order valence-corrected chi connectivity index (χ1v) is 16.1. The first-order valence-electron chi connectivity index (χ1n) is 15.3. The van der Waals surface area contributed by atoms with Gasteiger partial charge in [-0.1, -0.05) is 52.6 Å². The second-order valence-corrected chi connectivity index (χ2v) is 12.2. The third kappa shape index (κ3) is 5.98. The van der Waals surface area contributed by atoms with Gasteiger partial charge < -0.3 is 28.7 Å². The molecule has 1 spiro atoms. The number of carbonyl (C=O) groups excluding carboxylic acids is 1. The topological polar surface area (TPSA) is 120 Å². The van der Waals surface area contributed by atoms with Gasteiger partial charge in [0.2, 0.25) is 5.90 Å². The molecule has 0 unspecified atom stereocenters. The molecule has 48 heavy (non-hydrogen) atoms. The van der Waals surface area contributed by atoms with Crippen LogP contribution in [0.25, 0.3) is 11.5 Å². The molecule has 2 aliphatic rings. The van der Waals surface area contributed by atoms with Gasteiger partial charge in [-0.3, -0.25) is 4.79 Å². The van der Waals surface area contributed by atoms with Gasteiger partial charge in [0, 0.05) is 51.9 Å². The lowest BCUT2D eigenvalue weighted by atomic mass is 9.78. The van der Waals surface area contributed by atoms with Crippen molar-refractivity contribution in [1.29, 1.82) is 0 Å². The first kappa shape index (κ1) is 31.7. The summed E-state index contributed by atoms with van der Waals surface area (Å²) in [5.74, 6) is 1.98. The third-order valence-corrected chi connectivity index (χ3v) is 8.91. The van der Waals surface area contributed by atoms with Gasteiger partial charge in [0.25, 0.3) is 11.8 Å². The second-order valence-electron chi connectivity index (χ2n) is 11.4. The largest absolute Gasteiger partial charge is 0.497 e. The Hall–Kier alpha value is -4.90. The molecule has 0 saturated carbocycles. The maximum Gasteiger partial charge on any atom is 0.260 e. The van der Waals surface area contributed by atoms with Crippen molar-refractivity contribution in [3.8, 4) is 23.0 Å². The van der Waals surface area contributed by atoms with Crippen LogP contribution >= 0.6 is 23.2 Å². The van der Waals surface area contributed by atoms with Crippen LogP contribution in [-0.4, -0.2) is 52.9 Å². The molecule has 0 bridgehead atoms. The average Bonchev–Trinajstić information content (AvgIpc) is 3.73. The molecule has 1 amide bonds. The minimum atomic E-state index is -1.42. The van der Waals surface area contributed by atoms with Crippen LogP contribution in [0.15, 0.2) is 101 Å². The summed E-state index contributed by atoms with van der Waals surface area (Å²) >= 11 is 13.0. The molecule has 10 nitrogen and oxygen atoms in total. The smallest absolute Gasteiger partial charge is 0.260 e. The van der Waals surface area contributed by atoms with E-state index in [1.807, 2.05) is 60.7 Å². The molecule has 2 atom stereocenters. The molecule has 1 aromatic heterocycles. The van der Waals surface area contributed by atoms with Crippen molar-refractivity contribution in [3.63, 3.8) is 0 Å². The van der Waals surface area contributed by atoms with Crippen molar-refractivity contribution < 1.29 is 28.6 Å². The summed E-state index contributed by atoms with van der Waals surface area (Å²) in [6.45, 7) is 0.465. The van der Waals surface area contributed by atoms with E-state index in [9.17, 15) is 4.79 Å². The van der Waals surface area contributed by atoms with Crippen LogP contribution in [-0.2, 0) is 22.5 Å². The van der Waals surface area contributed by atoms with Gasteiger partial charge in [0.15, 0.2) is 17.5 Å². The van der Waals surface area contributed by atoms with Crippen LogP contribution in [0, 0.1) is 0 Å². The predicted molar refractivity (Wildman–Crippen MR) is 181 cm³/mol. The van der Waals surface area contributed by atoms with Crippen molar-refractivity contribution in [3.05, 3.63) is 124 Å². The summed E-state index contributed by atoms with van der Waals surface area (Å²) in [6, 6.07) is 27.3. The Kier molecular flexibility index (Phi) is 8.79. The number of methoxy groups -OCH3 is 1. The van der Waals surface area contributed by atoms with Gasteiger partial charge in [0.05, 0.1) is 20.3 Å². The zero-order chi connectivity index (χ0) is 33.3. The van der Waals surface area contributed by atoms with E-state index in [0.717, 1.165) is 16.8 Å². The number of para-hydroxylation sites is 1. The number of aromatic nitrogens is 2. The maximum atomic E-state index is 14.9. The summed E-state index contributed by atoms with van der Waals surface area (Å²) < 4.78 is 23.1. The number of hydrogen-bond acceptors (Lipinski definition) is 9. The van der Waals surface area contributed by atoms with Gasteiger partial charge in [0.1, 0.15) is 11.5 Å². The number of anilines is 1. The number of halogens is 2. The van der Waals surface area contributed by atoms with Gasteiger partial charge in [-0.15, -0.1) is 0 Å². The molecular weight excluding hydrogens is 655 g/mol. The van der Waals surface area contributed by atoms with Gasteiger partial charge in [-0.2, -0.15) is 4.98 Å². The molecule has 244 valence electrons. The molecule has 7 rings (SSSR count). The van der Waals surface area contributed by atoms with Gasteiger partial charge in [-0.05, 0) is 72.3 Å².